The monoisotopic (exact) mass is 340 g/mol. The number of carbonyl (C=O) groups is 1. The summed E-state index contributed by atoms with van der Waals surface area (Å²) < 4.78 is 27.8. The van der Waals surface area contributed by atoms with Gasteiger partial charge in [0.05, 0.1) is 4.90 Å². The summed E-state index contributed by atoms with van der Waals surface area (Å²) in [5, 5.41) is 8.12. The van der Waals surface area contributed by atoms with E-state index in [0.29, 0.717) is 16.5 Å². The Hall–Kier alpha value is -2.09. The number of ether oxygens (including phenoxy) is 1. The molecule has 0 aliphatic heterocycles. The van der Waals surface area contributed by atoms with Gasteiger partial charge in [-0.3, -0.25) is 4.79 Å². The van der Waals surface area contributed by atoms with Crippen molar-refractivity contribution in [3.8, 4) is 5.75 Å². The standard InChI is InChI=1S/C14H13ClN2O4S/c15-10-4-6-12(7-5-10)21-9-14(18)17-11-2-1-3-13(8-11)22(16,19)20/h1-8H,9H2,(H,17,18)(H2,16,19,20). The van der Waals surface area contributed by atoms with E-state index in [9.17, 15) is 13.2 Å². The molecule has 6 nitrogen and oxygen atoms in total. The molecule has 3 N–H and O–H groups in total. The van der Waals surface area contributed by atoms with Crippen LogP contribution >= 0.6 is 11.6 Å². The zero-order chi connectivity index (χ0) is 16.2. The van der Waals surface area contributed by atoms with Crippen LogP contribution in [-0.2, 0) is 14.8 Å². The minimum absolute atomic E-state index is 0.0797. The lowest BCUT2D eigenvalue weighted by atomic mass is 10.3. The fraction of sp³-hybridized carbons (Fsp3) is 0.0714. The maximum Gasteiger partial charge on any atom is 0.262 e. The van der Waals surface area contributed by atoms with E-state index in [2.05, 4.69) is 5.32 Å². The predicted molar refractivity (Wildman–Crippen MR) is 83.4 cm³/mol. The summed E-state index contributed by atoms with van der Waals surface area (Å²) in [6.45, 7) is -0.221. The molecule has 0 saturated heterocycles. The fourth-order valence-corrected chi connectivity index (χ4v) is 2.31. The zero-order valence-corrected chi connectivity index (χ0v) is 12.9. The number of amides is 1. The van der Waals surface area contributed by atoms with Crippen LogP contribution in [0.5, 0.6) is 5.75 Å². The number of nitrogens with one attached hydrogen (secondary N) is 1. The quantitative estimate of drug-likeness (QED) is 0.869. The number of hydrogen-bond donors (Lipinski definition) is 2. The van der Waals surface area contributed by atoms with Crippen molar-refractivity contribution >= 4 is 33.2 Å². The highest BCUT2D eigenvalue weighted by Crippen LogP contribution is 2.16. The van der Waals surface area contributed by atoms with E-state index in [4.69, 9.17) is 21.5 Å². The molecule has 8 heteroatoms. The molecule has 2 rings (SSSR count). The number of primary sulfonamides is 1. The summed E-state index contributed by atoms with van der Waals surface area (Å²) in [4.78, 5) is 11.7. The Bertz CT molecular complexity index is 776. The first kappa shape index (κ1) is 16.3. The van der Waals surface area contributed by atoms with Crippen LogP contribution in [0, 0.1) is 0 Å². The van der Waals surface area contributed by atoms with Gasteiger partial charge in [0.1, 0.15) is 5.75 Å². The minimum atomic E-state index is -3.82. The minimum Gasteiger partial charge on any atom is -0.484 e. The molecular weight excluding hydrogens is 328 g/mol. The molecule has 0 aliphatic rings. The van der Waals surface area contributed by atoms with E-state index >= 15 is 0 Å². The second-order valence-corrected chi connectivity index (χ2v) is 6.36. The van der Waals surface area contributed by atoms with Gasteiger partial charge in [-0.15, -0.1) is 0 Å². The molecule has 0 spiro atoms. The summed E-state index contributed by atoms with van der Waals surface area (Å²) in [7, 11) is -3.82. The molecule has 0 radical (unpaired) electrons. The number of sulfonamides is 1. The van der Waals surface area contributed by atoms with E-state index in [0.717, 1.165) is 0 Å². The van der Waals surface area contributed by atoms with Gasteiger partial charge in [-0.05, 0) is 42.5 Å². The Morgan fingerprint density at radius 3 is 2.50 bits per heavy atom. The fourth-order valence-electron chi connectivity index (χ4n) is 1.63. The van der Waals surface area contributed by atoms with E-state index < -0.39 is 15.9 Å². The Kier molecular flexibility index (Phi) is 5.02. The third-order valence-electron chi connectivity index (χ3n) is 2.63. The lowest BCUT2D eigenvalue weighted by Gasteiger charge is -2.08. The van der Waals surface area contributed by atoms with Gasteiger partial charge in [-0.25, -0.2) is 13.6 Å². The van der Waals surface area contributed by atoms with Gasteiger partial charge in [-0.2, -0.15) is 0 Å². The van der Waals surface area contributed by atoms with Crippen LogP contribution < -0.4 is 15.2 Å². The summed E-state index contributed by atoms with van der Waals surface area (Å²) in [5.74, 6) is 0.0688. The van der Waals surface area contributed by atoms with Crippen LogP contribution in [-0.4, -0.2) is 20.9 Å². The van der Waals surface area contributed by atoms with Gasteiger partial charge in [0.2, 0.25) is 10.0 Å². The van der Waals surface area contributed by atoms with Crippen LogP contribution in [0.2, 0.25) is 5.02 Å². The summed E-state index contributed by atoms with van der Waals surface area (Å²) in [6.07, 6.45) is 0. The maximum atomic E-state index is 11.8. The molecule has 2 aromatic rings. The average Bonchev–Trinajstić information content (AvgIpc) is 2.46. The summed E-state index contributed by atoms with van der Waals surface area (Å²) in [5.41, 5.74) is 0.316. The molecule has 1 amide bonds. The van der Waals surface area contributed by atoms with Crippen molar-refractivity contribution < 1.29 is 17.9 Å². The molecule has 0 aliphatic carbocycles. The molecule has 0 fully saturated rings. The van der Waals surface area contributed by atoms with E-state index in [1.165, 1.54) is 18.2 Å². The summed E-state index contributed by atoms with van der Waals surface area (Å²) in [6, 6.07) is 12.2. The summed E-state index contributed by atoms with van der Waals surface area (Å²) >= 11 is 5.74. The number of benzene rings is 2. The van der Waals surface area contributed by atoms with Crippen molar-refractivity contribution in [2.45, 2.75) is 4.90 Å². The topological polar surface area (TPSA) is 98.5 Å². The lowest BCUT2D eigenvalue weighted by Crippen LogP contribution is -2.20. The molecule has 22 heavy (non-hydrogen) atoms. The number of rotatable bonds is 5. The van der Waals surface area contributed by atoms with Gasteiger partial charge in [0.15, 0.2) is 6.61 Å². The lowest BCUT2D eigenvalue weighted by molar-refractivity contribution is -0.118. The second kappa shape index (κ2) is 6.78. The molecule has 0 saturated carbocycles. The molecule has 0 bridgehead atoms. The molecule has 2 aromatic carbocycles. The van der Waals surface area contributed by atoms with Gasteiger partial charge in [0.25, 0.3) is 5.91 Å². The van der Waals surface area contributed by atoms with Crippen molar-refractivity contribution in [2.75, 3.05) is 11.9 Å². The van der Waals surface area contributed by atoms with Crippen LogP contribution in [0.3, 0.4) is 0 Å². The van der Waals surface area contributed by atoms with Crippen LogP contribution in [0.1, 0.15) is 0 Å². The number of anilines is 1. The largest absolute Gasteiger partial charge is 0.484 e. The van der Waals surface area contributed by atoms with Crippen LogP contribution in [0.25, 0.3) is 0 Å². The normalized spacial score (nSPS) is 11.0. The predicted octanol–water partition coefficient (Wildman–Crippen LogP) is 2.00. The molecule has 0 heterocycles. The van der Waals surface area contributed by atoms with Gasteiger partial charge in [-0.1, -0.05) is 17.7 Å². The van der Waals surface area contributed by atoms with E-state index in [1.54, 1.807) is 30.3 Å². The number of hydrogen-bond acceptors (Lipinski definition) is 4. The first-order chi connectivity index (χ1) is 10.3. The average molecular weight is 341 g/mol. The Balaban J connectivity index is 1.96. The Morgan fingerprint density at radius 2 is 1.86 bits per heavy atom. The molecular formula is C14H13ClN2O4S. The molecule has 0 atom stereocenters. The first-order valence-electron chi connectivity index (χ1n) is 6.16. The van der Waals surface area contributed by atoms with Crippen molar-refractivity contribution in [1.82, 2.24) is 0 Å². The van der Waals surface area contributed by atoms with Gasteiger partial charge < -0.3 is 10.1 Å². The Labute approximate surface area is 132 Å². The third-order valence-corrected chi connectivity index (χ3v) is 3.79. The number of nitrogens with two attached hydrogens (primary N) is 1. The second-order valence-electron chi connectivity index (χ2n) is 4.36. The van der Waals surface area contributed by atoms with Crippen LogP contribution in [0.15, 0.2) is 53.4 Å². The highest BCUT2D eigenvalue weighted by molar-refractivity contribution is 7.89. The smallest absolute Gasteiger partial charge is 0.262 e. The van der Waals surface area contributed by atoms with E-state index in [1.807, 2.05) is 0 Å². The highest BCUT2D eigenvalue weighted by atomic mass is 35.5. The van der Waals surface area contributed by atoms with Crippen molar-refractivity contribution in [1.29, 1.82) is 0 Å². The van der Waals surface area contributed by atoms with Crippen LogP contribution in [0.4, 0.5) is 5.69 Å². The SMILES string of the molecule is NS(=O)(=O)c1cccc(NC(=O)COc2ccc(Cl)cc2)c1. The van der Waals surface area contributed by atoms with Crippen molar-refractivity contribution in [2.24, 2.45) is 5.14 Å². The van der Waals surface area contributed by atoms with Crippen molar-refractivity contribution in [3.05, 3.63) is 53.6 Å². The number of carbonyl (C=O) groups excluding carboxylic acids is 1. The van der Waals surface area contributed by atoms with Gasteiger partial charge >= 0.3 is 0 Å². The van der Waals surface area contributed by atoms with Gasteiger partial charge in [0, 0.05) is 10.7 Å². The molecule has 0 unspecified atom stereocenters. The molecule has 0 aromatic heterocycles. The zero-order valence-electron chi connectivity index (χ0n) is 11.3. The Morgan fingerprint density at radius 1 is 1.18 bits per heavy atom. The van der Waals surface area contributed by atoms with E-state index in [-0.39, 0.29) is 11.5 Å². The molecule has 116 valence electrons. The third kappa shape index (κ3) is 4.73. The number of halogens is 1. The highest BCUT2D eigenvalue weighted by Gasteiger charge is 2.09. The maximum absolute atomic E-state index is 11.8. The van der Waals surface area contributed by atoms with Crippen molar-refractivity contribution in [3.63, 3.8) is 0 Å². The first-order valence-corrected chi connectivity index (χ1v) is 8.08.